The second kappa shape index (κ2) is 4.78. The zero-order valence-corrected chi connectivity index (χ0v) is 10.4. The molecule has 1 unspecified atom stereocenters. The number of rotatable bonds is 3. The molecule has 1 rings (SSSR count). The third-order valence-corrected chi connectivity index (χ3v) is 2.25. The van der Waals surface area contributed by atoms with Gasteiger partial charge in [-0.3, -0.25) is 4.79 Å². The molecule has 0 aromatic heterocycles. The van der Waals surface area contributed by atoms with Crippen molar-refractivity contribution in [1.82, 2.24) is 5.32 Å². The third-order valence-electron chi connectivity index (χ3n) is 2.25. The fourth-order valence-electron chi connectivity index (χ4n) is 1.34. The molecule has 0 heterocycles. The van der Waals surface area contributed by atoms with Crippen molar-refractivity contribution < 1.29 is 27.5 Å². The highest BCUT2D eigenvalue weighted by Gasteiger charge is 2.50. The third kappa shape index (κ3) is 4.54. The van der Waals surface area contributed by atoms with E-state index in [1.165, 1.54) is 20.8 Å². The molecular weight excluding hydrogens is 251 g/mol. The molecule has 0 saturated heterocycles. The van der Waals surface area contributed by atoms with Crippen molar-refractivity contribution in [3.8, 4) is 0 Å². The van der Waals surface area contributed by atoms with Gasteiger partial charge in [-0.15, -0.1) is 0 Å². The monoisotopic (exact) mass is 267 g/mol. The molecule has 0 aromatic carbocycles. The van der Waals surface area contributed by atoms with Crippen LogP contribution >= 0.6 is 0 Å². The standard InChI is InChI=1S/C11H16F3NO3/c1-10(2,3)18-9(17)15-8(11(12,13)14)7(16)6-4-5-6/h6,8H,4-5H2,1-3H3,(H,15,17). The average Bonchev–Trinajstić information content (AvgIpc) is 2.90. The SMILES string of the molecule is CC(C)(C)OC(=O)NC(C(=O)C1CC1)C(F)(F)F. The fourth-order valence-corrected chi connectivity index (χ4v) is 1.34. The Morgan fingerprint density at radius 1 is 1.22 bits per heavy atom. The van der Waals surface area contributed by atoms with E-state index in [0.717, 1.165) is 0 Å². The predicted molar refractivity (Wildman–Crippen MR) is 56.9 cm³/mol. The van der Waals surface area contributed by atoms with Crippen LogP contribution in [0.3, 0.4) is 0 Å². The highest BCUT2D eigenvalue weighted by Crippen LogP contribution is 2.34. The summed E-state index contributed by atoms with van der Waals surface area (Å²) in [6.07, 6.45) is -5.14. The predicted octanol–water partition coefficient (Wildman–Crippen LogP) is 2.42. The number of nitrogens with one attached hydrogen (secondary N) is 1. The molecule has 0 aliphatic heterocycles. The van der Waals surface area contributed by atoms with E-state index < -0.39 is 35.6 Å². The van der Waals surface area contributed by atoms with Crippen LogP contribution in [0.5, 0.6) is 0 Å². The number of alkyl carbamates (subject to hydrolysis) is 1. The van der Waals surface area contributed by atoms with Crippen LogP contribution in [0, 0.1) is 5.92 Å². The number of alkyl halides is 3. The smallest absolute Gasteiger partial charge is 0.415 e. The van der Waals surface area contributed by atoms with Gasteiger partial charge in [0.05, 0.1) is 0 Å². The number of hydrogen-bond donors (Lipinski definition) is 1. The lowest BCUT2D eigenvalue weighted by Gasteiger charge is -2.24. The second-order valence-corrected chi connectivity index (χ2v) is 5.30. The van der Waals surface area contributed by atoms with E-state index >= 15 is 0 Å². The molecule has 7 heteroatoms. The summed E-state index contributed by atoms with van der Waals surface area (Å²) in [6.45, 7) is 4.58. The van der Waals surface area contributed by atoms with Gasteiger partial charge in [0.1, 0.15) is 5.60 Å². The van der Waals surface area contributed by atoms with E-state index in [4.69, 9.17) is 4.74 Å². The van der Waals surface area contributed by atoms with Gasteiger partial charge in [-0.2, -0.15) is 13.2 Å². The van der Waals surface area contributed by atoms with Crippen LogP contribution in [0.1, 0.15) is 33.6 Å². The Morgan fingerprint density at radius 3 is 2.06 bits per heavy atom. The Bertz CT molecular complexity index is 342. The normalized spacial score (nSPS) is 18.1. The van der Waals surface area contributed by atoms with Gasteiger partial charge in [0, 0.05) is 5.92 Å². The van der Waals surface area contributed by atoms with Crippen LogP contribution in [0.25, 0.3) is 0 Å². The van der Waals surface area contributed by atoms with Gasteiger partial charge in [0.25, 0.3) is 0 Å². The molecule has 1 atom stereocenters. The maximum Gasteiger partial charge on any atom is 0.415 e. The summed E-state index contributed by atoms with van der Waals surface area (Å²) in [4.78, 5) is 22.7. The minimum Gasteiger partial charge on any atom is -0.444 e. The number of halogens is 3. The first-order valence-corrected chi connectivity index (χ1v) is 5.60. The van der Waals surface area contributed by atoms with Crippen molar-refractivity contribution in [1.29, 1.82) is 0 Å². The van der Waals surface area contributed by atoms with Gasteiger partial charge < -0.3 is 10.1 Å². The average molecular weight is 267 g/mol. The van der Waals surface area contributed by atoms with E-state index in [0.29, 0.717) is 12.8 Å². The lowest BCUT2D eigenvalue weighted by Crippen LogP contribution is -2.52. The van der Waals surface area contributed by atoms with Crippen molar-refractivity contribution in [2.24, 2.45) is 5.92 Å². The van der Waals surface area contributed by atoms with Gasteiger partial charge >= 0.3 is 12.3 Å². The quantitative estimate of drug-likeness (QED) is 0.854. The van der Waals surface area contributed by atoms with Gasteiger partial charge in [0.15, 0.2) is 11.8 Å². The minimum atomic E-state index is -4.80. The Balaban J connectivity index is 2.67. The maximum absolute atomic E-state index is 12.7. The van der Waals surface area contributed by atoms with Crippen molar-refractivity contribution >= 4 is 11.9 Å². The molecule has 18 heavy (non-hydrogen) atoms. The zero-order valence-electron chi connectivity index (χ0n) is 10.4. The first-order chi connectivity index (χ1) is 8.00. The van der Waals surface area contributed by atoms with Crippen LogP contribution in [-0.2, 0) is 9.53 Å². The van der Waals surface area contributed by atoms with E-state index in [-0.39, 0.29) is 0 Å². The highest BCUT2D eigenvalue weighted by atomic mass is 19.4. The molecule has 1 N–H and O–H groups in total. The summed E-state index contributed by atoms with van der Waals surface area (Å²) in [5.41, 5.74) is -0.914. The number of carbonyl (C=O) groups excluding carboxylic acids is 2. The summed E-state index contributed by atoms with van der Waals surface area (Å²) < 4.78 is 42.7. The first kappa shape index (κ1) is 14.8. The highest BCUT2D eigenvalue weighted by molar-refractivity contribution is 5.91. The van der Waals surface area contributed by atoms with Gasteiger partial charge in [-0.25, -0.2) is 4.79 Å². The lowest BCUT2D eigenvalue weighted by molar-refractivity contribution is -0.167. The van der Waals surface area contributed by atoms with E-state index in [9.17, 15) is 22.8 Å². The Labute approximate surface area is 103 Å². The number of hydrogen-bond acceptors (Lipinski definition) is 3. The van der Waals surface area contributed by atoms with Crippen LogP contribution in [0.15, 0.2) is 0 Å². The van der Waals surface area contributed by atoms with Crippen molar-refractivity contribution in [2.75, 3.05) is 0 Å². The van der Waals surface area contributed by atoms with Crippen molar-refractivity contribution in [3.63, 3.8) is 0 Å². The van der Waals surface area contributed by atoms with Crippen molar-refractivity contribution in [2.45, 2.75) is 51.4 Å². The summed E-state index contributed by atoms with van der Waals surface area (Å²) in [5, 5.41) is 1.60. The Hall–Kier alpha value is -1.27. The number of ketones is 1. The number of Topliss-reactive ketones (excluding diaryl/α,β-unsaturated/α-hetero) is 1. The molecule has 1 fully saturated rings. The summed E-state index contributed by atoms with van der Waals surface area (Å²) in [6, 6.07) is -2.47. The summed E-state index contributed by atoms with van der Waals surface area (Å²) in [5.74, 6) is -1.58. The topological polar surface area (TPSA) is 55.4 Å². The van der Waals surface area contributed by atoms with Gasteiger partial charge in [-0.1, -0.05) is 0 Å². The summed E-state index contributed by atoms with van der Waals surface area (Å²) in [7, 11) is 0. The molecule has 104 valence electrons. The molecule has 0 bridgehead atoms. The van der Waals surface area contributed by atoms with E-state index in [1.807, 2.05) is 0 Å². The van der Waals surface area contributed by atoms with Gasteiger partial charge in [0.2, 0.25) is 0 Å². The lowest BCUT2D eigenvalue weighted by atomic mass is 10.1. The van der Waals surface area contributed by atoms with Crippen LogP contribution in [-0.4, -0.2) is 29.7 Å². The molecule has 4 nitrogen and oxygen atoms in total. The molecule has 1 saturated carbocycles. The van der Waals surface area contributed by atoms with Crippen molar-refractivity contribution in [3.05, 3.63) is 0 Å². The molecule has 0 radical (unpaired) electrons. The van der Waals surface area contributed by atoms with Crippen LogP contribution in [0.4, 0.5) is 18.0 Å². The fraction of sp³-hybridized carbons (Fsp3) is 0.818. The van der Waals surface area contributed by atoms with Gasteiger partial charge in [-0.05, 0) is 33.6 Å². The second-order valence-electron chi connectivity index (χ2n) is 5.30. The van der Waals surface area contributed by atoms with E-state index in [1.54, 1.807) is 5.32 Å². The van der Waals surface area contributed by atoms with E-state index in [2.05, 4.69) is 0 Å². The van der Waals surface area contributed by atoms with Crippen LogP contribution in [0.2, 0.25) is 0 Å². The number of carbonyl (C=O) groups is 2. The Kier molecular flexibility index (Phi) is 3.92. The first-order valence-electron chi connectivity index (χ1n) is 5.60. The maximum atomic E-state index is 12.7. The molecule has 1 aliphatic carbocycles. The number of ether oxygens (including phenoxy) is 1. The minimum absolute atomic E-state index is 0.446. The molecule has 0 spiro atoms. The zero-order chi connectivity index (χ0) is 14.1. The molecule has 1 amide bonds. The Morgan fingerprint density at radius 2 is 1.72 bits per heavy atom. The summed E-state index contributed by atoms with van der Waals surface area (Å²) >= 11 is 0. The molecule has 0 aromatic rings. The number of amides is 1. The molecule has 1 aliphatic rings. The molecular formula is C11H16F3NO3. The largest absolute Gasteiger partial charge is 0.444 e. The van der Waals surface area contributed by atoms with Crippen LogP contribution < -0.4 is 5.32 Å².